The quantitative estimate of drug-likeness (QED) is 0.792. The van der Waals surface area contributed by atoms with Gasteiger partial charge in [-0.05, 0) is 57.2 Å². The monoisotopic (exact) mass is 318 g/mol. The Bertz CT molecular complexity index is 963. The number of hydrogen-bond acceptors (Lipinski definition) is 3. The Kier molecular flexibility index (Phi) is 4.05. The van der Waals surface area contributed by atoms with Crippen molar-refractivity contribution in [2.75, 3.05) is 5.32 Å². The number of hydrogen-bond donors (Lipinski definition) is 1. The summed E-state index contributed by atoms with van der Waals surface area (Å²) in [6, 6.07) is 14.7. The van der Waals surface area contributed by atoms with E-state index in [0.717, 1.165) is 16.9 Å². The molecular formula is C19H18N4O. The fourth-order valence-corrected chi connectivity index (χ4v) is 2.88. The molecule has 3 rings (SSSR count). The van der Waals surface area contributed by atoms with Gasteiger partial charge >= 0.3 is 0 Å². The van der Waals surface area contributed by atoms with Crippen LogP contribution in [0.1, 0.15) is 41.6 Å². The van der Waals surface area contributed by atoms with Crippen LogP contribution in [0.15, 0.2) is 42.5 Å². The molecule has 0 unspecified atom stereocenters. The molecule has 0 saturated heterocycles. The molecule has 1 N–H and O–H groups in total. The van der Waals surface area contributed by atoms with Gasteiger partial charge in [0.25, 0.3) is 5.91 Å². The molecule has 120 valence electrons. The maximum absolute atomic E-state index is 12.4. The van der Waals surface area contributed by atoms with E-state index in [-0.39, 0.29) is 5.91 Å². The molecule has 0 bridgehead atoms. The van der Waals surface area contributed by atoms with Crippen molar-refractivity contribution in [1.29, 1.82) is 5.26 Å². The third-order valence-corrected chi connectivity index (χ3v) is 3.89. The predicted molar refractivity (Wildman–Crippen MR) is 94.0 cm³/mol. The second-order valence-corrected chi connectivity index (χ2v) is 5.97. The van der Waals surface area contributed by atoms with Crippen LogP contribution in [-0.2, 0) is 0 Å². The van der Waals surface area contributed by atoms with Gasteiger partial charge in [-0.2, -0.15) is 5.26 Å². The zero-order valence-corrected chi connectivity index (χ0v) is 13.9. The molecule has 1 aromatic heterocycles. The Labute approximate surface area is 140 Å². The van der Waals surface area contributed by atoms with Crippen LogP contribution in [-0.4, -0.2) is 15.5 Å². The Morgan fingerprint density at radius 3 is 2.75 bits per heavy atom. The number of carbonyl (C=O) groups is 1. The van der Waals surface area contributed by atoms with Crippen LogP contribution in [0.5, 0.6) is 0 Å². The highest BCUT2D eigenvalue weighted by molar-refractivity contribution is 6.05. The summed E-state index contributed by atoms with van der Waals surface area (Å²) in [6.07, 6.45) is 0. The smallest absolute Gasteiger partial charge is 0.255 e. The number of rotatable bonds is 3. The summed E-state index contributed by atoms with van der Waals surface area (Å²) in [5.41, 5.74) is 3.50. The van der Waals surface area contributed by atoms with Crippen molar-refractivity contribution in [2.45, 2.75) is 26.8 Å². The van der Waals surface area contributed by atoms with Gasteiger partial charge in [0.05, 0.1) is 22.7 Å². The molecule has 1 amide bonds. The second kappa shape index (κ2) is 6.17. The highest BCUT2D eigenvalue weighted by Crippen LogP contribution is 2.24. The predicted octanol–water partition coefficient (Wildman–Crippen LogP) is 4.05. The average Bonchev–Trinajstić information content (AvgIpc) is 2.90. The first-order valence-corrected chi connectivity index (χ1v) is 7.79. The second-order valence-electron chi connectivity index (χ2n) is 5.97. The Balaban J connectivity index is 1.90. The van der Waals surface area contributed by atoms with Gasteiger partial charge in [-0.3, -0.25) is 4.79 Å². The van der Waals surface area contributed by atoms with Gasteiger partial charge in [0, 0.05) is 17.3 Å². The molecule has 0 saturated carbocycles. The van der Waals surface area contributed by atoms with Crippen LogP contribution in [0.25, 0.3) is 11.0 Å². The van der Waals surface area contributed by atoms with E-state index < -0.39 is 0 Å². The third-order valence-electron chi connectivity index (χ3n) is 3.89. The molecule has 24 heavy (non-hydrogen) atoms. The lowest BCUT2D eigenvalue weighted by molar-refractivity contribution is 0.102. The highest BCUT2D eigenvalue weighted by Gasteiger charge is 2.12. The maximum Gasteiger partial charge on any atom is 0.255 e. The Hall–Kier alpha value is -3.13. The molecule has 0 aliphatic rings. The van der Waals surface area contributed by atoms with Gasteiger partial charge in [0.1, 0.15) is 5.82 Å². The lowest BCUT2D eigenvalue weighted by Gasteiger charge is -2.11. The van der Waals surface area contributed by atoms with E-state index in [1.54, 1.807) is 24.3 Å². The van der Waals surface area contributed by atoms with E-state index >= 15 is 0 Å². The van der Waals surface area contributed by atoms with Gasteiger partial charge in [0.2, 0.25) is 0 Å². The van der Waals surface area contributed by atoms with Crippen molar-refractivity contribution < 1.29 is 4.79 Å². The lowest BCUT2D eigenvalue weighted by Crippen LogP contribution is -2.12. The summed E-state index contributed by atoms with van der Waals surface area (Å²) in [5, 5.41) is 11.8. The minimum Gasteiger partial charge on any atom is -0.326 e. The topological polar surface area (TPSA) is 70.7 Å². The van der Waals surface area contributed by atoms with Gasteiger partial charge in [0.15, 0.2) is 0 Å². The minimum atomic E-state index is -0.244. The van der Waals surface area contributed by atoms with Crippen LogP contribution in [0.3, 0.4) is 0 Å². The van der Waals surface area contributed by atoms with Crippen molar-refractivity contribution in [3.8, 4) is 6.07 Å². The van der Waals surface area contributed by atoms with Crippen LogP contribution in [0, 0.1) is 18.3 Å². The molecule has 0 aliphatic carbocycles. The van der Waals surface area contributed by atoms with Crippen LogP contribution >= 0.6 is 0 Å². The number of imidazole rings is 1. The molecular weight excluding hydrogens is 300 g/mol. The molecule has 5 heteroatoms. The first kappa shape index (κ1) is 15.8. The molecule has 0 radical (unpaired) electrons. The number of aromatic nitrogens is 2. The van der Waals surface area contributed by atoms with Crippen LogP contribution < -0.4 is 5.32 Å². The van der Waals surface area contributed by atoms with Crippen molar-refractivity contribution in [3.63, 3.8) is 0 Å². The van der Waals surface area contributed by atoms with Crippen molar-refractivity contribution in [2.24, 2.45) is 0 Å². The molecule has 2 aromatic carbocycles. The van der Waals surface area contributed by atoms with E-state index in [4.69, 9.17) is 5.26 Å². The number of nitriles is 1. The Morgan fingerprint density at radius 2 is 2.04 bits per heavy atom. The largest absolute Gasteiger partial charge is 0.326 e. The zero-order chi connectivity index (χ0) is 17.3. The number of amides is 1. The van der Waals surface area contributed by atoms with E-state index in [9.17, 15) is 4.79 Å². The molecule has 5 nitrogen and oxygen atoms in total. The van der Waals surface area contributed by atoms with Crippen LogP contribution in [0.4, 0.5) is 5.69 Å². The fourth-order valence-electron chi connectivity index (χ4n) is 2.88. The SMILES string of the molecule is Cc1nc2cc(NC(=O)c3cccc(C#N)c3)ccc2n1C(C)C. The number of benzene rings is 2. The maximum atomic E-state index is 12.4. The highest BCUT2D eigenvalue weighted by atomic mass is 16.1. The van der Waals surface area contributed by atoms with E-state index in [1.165, 1.54) is 0 Å². The molecule has 0 atom stereocenters. The zero-order valence-electron chi connectivity index (χ0n) is 13.9. The van der Waals surface area contributed by atoms with Gasteiger partial charge in [-0.25, -0.2) is 4.98 Å². The molecule has 0 aliphatic heterocycles. The Morgan fingerprint density at radius 1 is 1.25 bits per heavy atom. The van der Waals surface area contributed by atoms with E-state index in [1.807, 2.05) is 31.2 Å². The van der Waals surface area contributed by atoms with Gasteiger partial charge < -0.3 is 9.88 Å². The summed E-state index contributed by atoms with van der Waals surface area (Å²) in [6.45, 7) is 6.21. The summed E-state index contributed by atoms with van der Waals surface area (Å²) in [7, 11) is 0. The number of nitrogens with one attached hydrogen (secondary N) is 1. The standard InChI is InChI=1S/C19H18N4O/c1-12(2)23-13(3)21-17-10-16(7-8-18(17)23)22-19(24)15-6-4-5-14(9-15)11-20/h4-10,12H,1-3H3,(H,22,24). The third kappa shape index (κ3) is 2.86. The molecule has 3 aromatic rings. The van der Waals surface area contributed by atoms with Crippen molar-refractivity contribution in [3.05, 3.63) is 59.4 Å². The van der Waals surface area contributed by atoms with E-state index in [2.05, 4.69) is 28.7 Å². The first-order chi connectivity index (χ1) is 11.5. The number of aryl methyl sites for hydroxylation is 1. The summed E-state index contributed by atoms with van der Waals surface area (Å²) < 4.78 is 2.16. The number of anilines is 1. The van der Waals surface area contributed by atoms with E-state index in [0.29, 0.717) is 22.9 Å². The average molecular weight is 318 g/mol. The lowest BCUT2D eigenvalue weighted by atomic mass is 10.1. The van der Waals surface area contributed by atoms with Gasteiger partial charge in [-0.15, -0.1) is 0 Å². The summed E-state index contributed by atoms with van der Waals surface area (Å²) in [4.78, 5) is 16.9. The van der Waals surface area contributed by atoms with Crippen molar-refractivity contribution >= 4 is 22.6 Å². The normalized spacial score (nSPS) is 10.8. The summed E-state index contributed by atoms with van der Waals surface area (Å²) in [5.74, 6) is 0.705. The molecule has 0 spiro atoms. The number of carbonyl (C=O) groups excluding carboxylic acids is 1. The van der Waals surface area contributed by atoms with Crippen molar-refractivity contribution in [1.82, 2.24) is 9.55 Å². The molecule has 1 heterocycles. The first-order valence-electron chi connectivity index (χ1n) is 7.79. The fraction of sp³-hybridized carbons (Fsp3) is 0.211. The minimum absolute atomic E-state index is 0.244. The summed E-state index contributed by atoms with van der Waals surface area (Å²) >= 11 is 0. The van der Waals surface area contributed by atoms with Crippen LogP contribution in [0.2, 0.25) is 0 Å². The number of fused-ring (bicyclic) bond motifs is 1. The molecule has 0 fully saturated rings. The van der Waals surface area contributed by atoms with Gasteiger partial charge in [-0.1, -0.05) is 6.07 Å². The number of nitrogens with zero attached hydrogens (tertiary/aromatic N) is 3.